The average molecular weight is 382 g/mol. The van der Waals surface area contributed by atoms with Crippen LogP contribution in [0.2, 0.25) is 0 Å². The molecule has 0 radical (unpaired) electrons. The summed E-state index contributed by atoms with van der Waals surface area (Å²) in [6.45, 7) is 7.30. The fourth-order valence-electron chi connectivity index (χ4n) is 3.54. The molecule has 1 amide bonds. The number of fused-ring (bicyclic) bond motifs is 1. The molecule has 1 aromatic carbocycles. The van der Waals surface area contributed by atoms with Gasteiger partial charge in [-0.2, -0.15) is 0 Å². The van der Waals surface area contributed by atoms with Crippen molar-refractivity contribution in [2.45, 2.75) is 20.4 Å². The summed E-state index contributed by atoms with van der Waals surface area (Å²) in [5.41, 5.74) is 1.88. The predicted octanol–water partition coefficient (Wildman–Crippen LogP) is 2.75. The van der Waals surface area contributed by atoms with Crippen LogP contribution in [0, 0.1) is 6.92 Å². The molecule has 4 rings (SSSR count). The average Bonchev–Trinajstić information content (AvgIpc) is 3.06. The van der Waals surface area contributed by atoms with Gasteiger partial charge < -0.3 is 9.80 Å². The Hall–Kier alpha value is -2.67. The first-order valence-electron chi connectivity index (χ1n) is 9.18. The van der Waals surface area contributed by atoms with Crippen molar-refractivity contribution < 1.29 is 4.79 Å². The third-order valence-electron chi connectivity index (χ3n) is 5.14. The number of anilines is 1. The highest BCUT2D eigenvalue weighted by Gasteiger charge is 2.26. The second-order valence-electron chi connectivity index (χ2n) is 6.69. The molecule has 1 aliphatic heterocycles. The predicted molar refractivity (Wildman–Crippen MR) is 109 cm³/mol. The van der Waals surface area contributed by atoms with Crippen LogP contribution in [0.25, 0.3) is 10.2 Å². The molecule has 27 heavy (non-hydrogen) atoms. The fourth-order valence-corrected chi connectivity index (χ4v) is 4.65. The Morgan fingerprint density at radius 1 is 1.15 bits per heavy atom. The largest absolute Gasteiger partial charge is 0.368 e. The van der Waals surface area contributed by atoms with Crippen molar-refractivity contribution in [3.8, 4) is 0 Å². The number of hydrogen-bond acceptors (Lipinski definition) is 5. The first-order chi connectivity index (χ1) is 13.1. The van der Waals surface area contributed by atoms with Gasteiger partial charge in [0.15, 0.2) is 0 Å². The number of hydrogen-bond donors (Lipinski definition) is 0. The summed E-state index contributed by atoms with van der Waals surface area (Å²) in [6.07, 6.45) is 1.56. The van der Waals surface area contributed by atoms with Gasteiger partial charge in [0.2, 0.25) is 0 Å². The first kappa shape index (κ1) is 17.7. The lowest BCUT2D eigenvalue weighted by molar-refractivity contribution is 0.0751. The molecule has 6 nitrogen and oxygen atoms in total. The maximum atomic E-state index is 13.1. The van der Waals surface area contributed by atoms with Crippen LogP contribution >= 0.6 is 11.3 Å². The number of aryl methyl sites for hydroxylation is 2. The third kappa shape index (κ3) is 3.12. The van der Waals surface area contributed by atoms with Crippen LogP contribution in [-0.2, 0) is 6.54 Å². The highest BCUT2D eigenvalue weighted by Crippen LogP contribution is 2.28. The quantitative estimate of drug-likeness (QED) is 0.699. The molecule has 0 aliphatic carbocycles. The normalized spacial score (nSPS) is 14.7. The smallest absolute Gasteiger partial charge is 0.264 e. The van der Waals surface area contributed by atoms with Gasteiger partial charge in [-0.15, -0.1) is 11.3 Å². The van der Waals surface area contributed by atoms with Crippen LogP contribution in [0.5, 0.6) is 0 Å². The molecule has 3 heterocycles. The molecule has 0 N–H and O–H groups in total. The number of benzene rings is 1. The van der Waals surface area contributed by atoms with Crippen molar-refractivity contribution in [1.82, 2.24) is 14.5 Å². The van der Waals surface area contributed by atoms with E-state index < -0.39 is 0 Å². The third-order valence-corrected chi connectivity index (χ3v) is 6.33. The van der Waals surface area contributed by atoms with Gasteiger partial charge in [-0.1, -0.05) is 18.2 Å². The Kier molecular flexibility index (Phi) is 4.70. The summed E-state index contributed by atoms with van der Waals surface area (Å²) in [5, 5.41) is 0.579. The lowest BCUT2D eigenvalue weighted by Gasteiger charge is -2.36. The second-order valence-corrected chi connectivity index (χ2v) is 7.69. The monoisotopic (exact) mass is 382 g/mol. The van der Waals surface area contributed by atoms with Crippen LogP contribution in [0.4, 0.5) is 5.69 Å². The van der Waals surface area contributed by atoms with E-state index in [1.807, 2.05) is 36.9 Å². The van der Waals surface area contributed by atoms with Crippen LogP contribution in [0.3, 0.4) is 0 Å². The van der Waals surface area contributed by atoms with Gasteiger partial charge in [0.1, 0.15) is 4.83 Å². The van der Waals surface area contributed by atoms with E-state index >= 15 is 0 Å². The van der Waals surface area contributed by atoms with E-state index in [9.17, 15) is 9.59 Å². The highest BCUT2D eigenvalue weighted by molar-refractivity contribution is 7.20. The number of aromatic nitrogens is 2. The first-order valence-corrected chi connectivity index (χ1v) is 9.99. The van der Waals surface area contributed by atoms with Crippen LogP contribution in [0.15, 0.2) is 41.5 Å². The van der Waals surface area contributed by atoms with E-state index in [1.165, 1.54) is 17.0 Å². The van der Waals surface area contributed by atoms with Gasteiger partial charge in [0.25, 0.3) is 11.5 Å². The van der Waals surface area contributed by atoms with Crippen molar-refractivity contribution in [1.29, 1.82) is 0 Å². The van der Waals surface area contributed by atoms with E-state index in [1.54, 1.807) is 10.9 Å². The highest BCUT2D eigenvalue weighted by atomic mass is 32.1. The molecule has 1 aliphatic rings. The van der Waals surface area contributed by atoms with Crippen molar-refractivity contribution in [2.24, 2.45) is 0 Å². The SMILES string of the molecule is CCn1cnc2sc(C(=O)N3CCN(c4ccccc4)CC3)c(C)c2c1=O. The second kappa shape index (κ2) is 7.15. The van der Waals surface area contributed by atoms with Gasteiger partial charge in [0.05, 0.1) is 16.6 Å². The van der Waals surface area contributed by atoms with Crippen molar-refractivity contribution in [3.63, 3.8) is 0 Å². The summed E-state index contributed by atoms with van der Waals surface area (Å²) >= 11 is 1.33. The van der Waals surface area contributed by atoms with Gasteiger partial charge in [-0.25, -0.2) is 4.98 Å². The number of rotatable bonds is 3. The summed E-state index contributed by atoms with van der Waals surface area (Å²) in [5.74, 6) is 0.00524. The zero-order chi connectivity index (χ0) is 19.0. The summed E-state index contributed by atoms with van der Waals surface area (Å²) < 4.78 is 1.58. The number of carbonyl (C=O) groups is 1. The topological polar surface area (TPSA) is 58.4 Å². The number of thiophene rings is 1. The van der Waals surface area contributed by atoms with Crippen molar-refractivity contribution >= 4 is 33.1 Å². The zero-order valence-electron chi connectivity index (χ0n) is 15.5. The summed E-state index contributed by atoms with van der Waals surface area (Å²) in [6, 6.07) is 10.3. The molecule has 140 valence electrons. The molecular weight excluding hydrogens is 360 g/mol. The Bertz CT molecular complexity index is 1030. The molecule has 1 fully saturated rings. The van der Waals surface area contributed by atoms with Crippen molar-refractivity contribution in [2.75, 3.05) is 31.1 Å². The summed E-state index contributed by atoms with van der Waals surface area (Å²) in [4.78, 5) is 35.5. The van der Waals surface area contributed by atoms with Crippen LogP contribution in [0.1, 0.15) is 22.2 Å². The minimum Gasteiger partial charge on any atom is -0.368 e. The Balaban J connectivity index is 1.56. The lowest BCUT2D eigenvalue weighted by atomic mass is 10.2. The Morgan fingerprint density at radius 2 is 1.85 bits per heavy atom. The molecule has 0 bridgehead atoms. The van der Waals surface area contributed by atoms with E-state index in [0.29, 0.717) is 34.7 Å². The lowest BCUT2D eigenvalue weighted by Crippen LogP contribution is -2.48. The molecule has 0 unspecified atom stereocenters. The van der Waals surface area contributed by atoms with Crippen LogP contribution in [-0.4, -0.2) is 46.5 Å². The molecule has 2 aromatic heterocycles. The van der Waals surface area contributed by atoms with Gasteiger partial charge in [-0.05, 0) is 31.5 Å². The number of nitrogens with zero attached hydrogens (tertiary/aromatic N) is 4. The Morgan fingerprint density at radius 3 is 2.52 bits per heavy atom. The van der Waals surface area contributed by atoms with Gasteiger partial charge in [0, 0.05) is 38.4 Å². The van der Waals surface area contributed by atoms with Crippen molar-refractivity contribution in [3.05, 3.63) is 57.5 Å². The molecular formula is C20H22N4O2S. The maximum absolute atomic E-state index is 13.1. The minimum absolute atomic E-state index is 0.00524. The Labute approximate surface area is 161 Å². The van der Waals surface area contributed by atoms with E-state index in [2.05, 4.69) is 22.0 Å². The van der Waals surface area contributed by atoms with Crippen LogP contribution < -0.4 is 10.5 Å². The molecule has 3 aromatic rings. The van der Waals surface area contributed by atoms with E-state index in [-0.39, 0.29) is 11.5 Å². The number of amides is 1. The van der Waals surface area contributed by atoms with E-state index in [0.717, 1.165) is 18.7 Å². The minimum atomic E-state index is -0.0656. The maximum Gasteiger partial charge on any atom is 0.264 e. The number of para-hydroxylation sites is 1. The fraction of sp³-hybridized carbons (Fsp3) is 0.350. The standard InChI is InChI=1S/C20H22N4O2S/c1-3-22-13-21-18-16(19(22)25)14(2)17(27-18)20(26)24-11-9-23(10-12-24)15-7-5-4-6-8-15/h4-8,13H,3,9-12H2,1-2H3. The van der Waals surface area contributed by atoms with E-state index in [4.69, 9.17) is 0 Å². The van der Waals surface area contributed by atoms with Gasteiger partial charge >= 0.3 is 0 Å². The molecule has 7 heteroatoms. The molecule has 0 atom stereocenters. The molecule has 1 saturated heterocycles. The molecule has 0 saturated carbocycles. The number of carbonyl (C=O) groups excluding carboxylic acids is 1. The summed E-state index contributed by atoms with van der Waals surface area (Å²) in [7, 11) is 0. The van der Waals surface area contributed by atoms with Gasteiger partial charge in [-0.3, -0.25) is 14.2 Å². The molecule has 0 spiro atoms. The zero-order valence-corrected chi connectivity index (χ0v) is 16.3. The number of piperazine rings is 1.